The van der Waals surface area contributed by atoms with Gasteiger partial charge in [-0.1, -0.05) is 13.8 Å². The molecule has 5 nitrogen and oxygen atoms in total. The van der Waals surface area contributed by atoms with E-state index in [1.54, 1.807) is 0 Å². The average molecular weight is 294 g/mol. The second kappa shape index (κ2) is 5.95. The molecule has 0 spiro atoms. The molecule has 0 aliphatic carbocycles. The summed E-state index contributed by atoms with van der Waals surface area (Å²) < 4.78 is 5.41. The molecule has 0 saturated carbocycles. The number of nitrogens with zero attached hydrogens (tertiary/aromatic N) is 2. The number of carbonyl (C=O) groups is 2. The summed E-state index contributed by atoms with van der Waals surface area (Å²) in [4.78, 5) is 29.2. The van der Waals surface area contributed by atoms with Gasteiger partial charge in [-0.15, -0.1) is 0 Å². The van der Waals surface area contributed by atoms with Crippen LogP contribution >= 0.6 is 0 Å². The van der Waals surface area contributed by atoms with Crippen LogP contribution in [0.15, 0.2) is 0 Å². The summed E-state index contributed by atoms with van der Waals surface area (Å²) in [6.07, 6.45) is 3.82. The Morgan fingerprint density at radius 1 is 1.24 bits per heavy atom. The summed E-state index contributed by atoms with van der Waals surface area (Å²) in [6, 6.07) is -0.457. The number of rotatable bonds is 4. The van der Waals surface area contributed by atoms with Gasteiger partial charge in [0.25, 0.3) is 0 Å². The maximum absolute atomic E-state index is 12.8. The molecular formula is C16H26N2O3. The first-order chi connectivity index (χ1) is 10.1. The van der Waals surface area contributed by atoms with Crippen LogP contribution in [0.3, 0.4) is 0 Å². The van der Waals surface area contributed by atoms with E-state index in [9.17, 15) is 9.59 Å². The number of fused-ring (bicyclic) bond motifs is 1. The van der Waals surface area contributed by atoms with Gasteiger partial charge >= 0.3 is 0 Å². The van der Waals surface area contributed by atoms with Crippen molar-refractivity contribution in [2.24, 2.45) is 11.8 Å². The summed E-state index contributed by atoms with van der Waals surface area (Å²) in [5.41, 5.74) is 0. The zero-order valence-electron chi connectivity index (χ0n) is 13.1. The van der Waals surface area contributed by atoms with E-state index < -0.39 is 0 Å². The van der Waals surface area contributed by atoms with Crippen molar-refractivity contribution < 1.29 is 14.3 Å². The third-order valence-electron chi connectivity index (χ3n) is 5.13. The molecule has 3 unspecified atom stereocenters. The summed E-state index contributed by atoms with van der Waals surface area (Å²) >= 11 is 0. The van der Waals surface area contributed by atoms with E-state index in [-0.39, 0.29) is 29.8 Å². The molecule has 0 radical (unpaired) electrons. The lowest BCUT2D eigenvalue weighted by Crippen LogP contribution is -2.64. The normalized spacial score (nSPS) is 33.2. The zero-order chi connectivity index (χ0) is 15.0. The topological polar surface area (TPSA) is 49.9 Å². The lowest BCUT2D eigenvalue weighted by atomic mass is 9.94. The molecule has 118 valence electrons. The predicted molar refractivity (Wildman–Crippen MR) is 78.6 cm³/mol. The summed E-state index contributed by atoms with van der Waals surface area (Å²) in [5.74, 6) is 1.05. The lowest BCUT2D eigenvalue weighted by Gasteiger charge is -2.44. The van der Waals surface area contributed by atoms with Gasteiger partial charge in [-0.3, -0.25) is 9.59 Å². The van der Waals surface area contributed by atoms with E-state index in [0.29, 0.717) is 12.5 Å². The average Bonchev–Trinajstić information content (AvgIpc) is 3.10. The van der Waals surface area contributed by atoms with E-state index in [1.807, 2.05) is 23.6 Å². The lowest BCUT2D eigenvalue weighted by molar-refractivity contribution is -0.161. The predicted octanol–water partition coefficient (Wildman–Crippen LogP) is 1.27. The maximum Gasteiger partial charge on any atom is 0.246 e. The van der Waals surface area contributed by atoms with Gasteiger partial charge in [-0.05, 0) is 37.5 Å². The fourth-order valence-corrected chi connectivity index (χ4v) is 3.95. The monoisotopic (exact) mass is 294 g/mol. The van der Waals surface area contributed by atoms with Crippen molar-refractivity contribution in [3.63, 3.8) is 0 Å². The van der Waals surface area contributed by atoms with Crippen LogP contribution in [-0.2, 0) is 14.3 Å². The van der Waals surface area contributed by atoms with Crippen molar-refractivity contribution in [3.05, 3.63) is 0 Å². The second-order valence-corrected chi connectivity index (χ2v) is 6.93. The Morgan fingerprint density at radius 2 is 2.05 bits per heavy atom. The highest BCUT2D eigenvalue weighted by atomic mass is 16.5. The minimum absolute atomic E-state index is 0.162. The highest BCUT2D eigenvalue weighted by molar-refractivity contribution is 5.97. The fraction of sp³-hybridized carbons (Fsp3) is 0.875. The number of ether oxygens (including phenoxy) is 1. The molecule has 3 fully saturated rings. The largest absolute Gasteiger partial charge is 0.381 e. The molecule has 5 heteroatoms. The smallest absolute Gasteiger partial charge is 0.246 e. The number of carbonyl (C=O) groups excluding carboxylic acids is 2. The van der Waals surface area contributed by atoms with Crippen LogP contribution in [0.25, 0.3) is 0 Å². The number of hydrogen-bond acceptors (Lipinski definition) is 3. The molecule has 3 heterocycles. The molecule has 0 aromatic carbocycles. The molecule has 3 atom stereocenters. The van der Waals surface area contributed by atoms with E-state index in [1.165, 1.54) is 0 Å². The first kappa shape index (κ1) is 14.8. The van der Waals surface area contributed by atoms with Crippen LogP contribution in [0, 0.1) is 11.8 Å². The first-order valence-corrected chi connectivity index (χ1v) is 8.28. The number of amides is 2. The van der Waals surface area contributed by atoms with Gasteiger partial charge in [0.2, 0.25) is 11.8 Å². The van der Waals surface area contributed by atoms with E-state index >= 15 is 0 Å². The van der Waals surface area contributed by atoms with E-state index in [2.05, 4.69) is 0 Å². The minimum atomic E-state index is -0.269. The molecule has 3 saturated heterocycles. The second-order valence-electron chi connectivity index (χ2n) is 6.93. The van der Waals surface area contributed by atoms with Crippen molar-refractivity contribution in [2.75, 3.05) is 26.3 Å². The molecule has 2 amide bonds. The summed E-state index contributed by atoms with van der Waals surface area (Å²) in [6.45, 7) is 7.17. The SMILES string of the molecule is CC(C)C1C(=O)N2CCCC2C(=O)N1CCC1CCOC1. The van der Waals surface area contributed by atoms with Crippen molar-refractivity contribution in [1.29, 1.82) is 0 Å². The molecule has 0 bridgehead atoms. The van der Waals surface area contributed by atoms with Crippen LogP contribution in [0.4, 0.5) is 0 Å². The van der Waals surface area contributed by atoms with E-state index in [0.717, 1.165) is 45.4 Å². The molecule has 3 aliphatic heterocycles. The van der Waals surface area contributed by atoms with Gasteiger partial charge in [-0.25, -0.2) is 0 Å². The zero-order valence-corrected chi connectivity index (χ0v) is 13.1. The van der Waals surface area contributed by atoms with Crippen molar-refractivity contribution >= 4 is 11.8 Å². The van der Waals surface area contributed by atoms with Gasteiger partial charge in [0, 0.05) is 26.3 Å². The van der Waals surface area contributed by atoms with Crippen molar-refractivity contribution in [3.8, 4) is 0 Å². The third-order valence-corrected chi connectivity index (χ3v) is 5.13. The highest BCUT2D eigenvalue weighted by Crippen LogP contribution is 2.30. The Bertz CT molecular complexity index is 418. The van der Waals surface area contributed by atoms with Crippen LogP contribution in [-0.4, -0.2) is 60.0 Å². The first-order valence-electron chi connectivity index (χ1n) is 8.28. The summed E-state index contributed by atoms with van der Waals surface area (Å²) in [5, 5.41) is 0. The van der Waals surface area contributed by atoms with E-state index in [4.69, 9.17) is 4.74 Å². The maximum atomic E-state index is 12.8. The van der Waals surface area contributed by atoms with Crippen molar-refractivity contribution in [2.45, 2.75) is 51.6 Å². The molecule has 0 N–H and O–H groups in total. The quantitative estimate of drug-likeness (QED) is 0.784. The van der Waals surface area contributed by atoms with Crippen LogP contribution in [0.5, 0.6) is 0 Å². The van der Waals surface area contributed by atoms with Gasteiger partial charge in [0.05, 0.1) is 0 Å². The van der Waals surface area contributed by atoms with Gasteiger partial charge in [-0.2, -0.15) is 0 Å². The van der Waals surface area contributed by atoms with Crippen molar-refractivity contribution in [1.82, 2.24) is 9.80 Å². The number of hydrogen-bond donors (Lipinski definition) is 0. The molecule has 21 heavy (non-hydrogen) atoms. The van der Waals surface area contributed by atoms with Crippen LogP contribution in [0.2, 0.25) is 0 Å². The Balaban J connectivity index is 1.73. The highest BCUT2D eigenvalue weighted by Gasteiger charge is 2.48. The Morgan fingerprint density at radius 3 is 2.71 bits per heavy atom. The van der Waals surface area contributed by atoms with Gasteiger partial charge < -0.3 is 14.5 Å². The molecule has 0 aromatic rings. The Kier molecular flexibility index (Phi) is 4.20. The molecule has 3 aliphatic rings. The molecular weight excluding hydrogens is 268 g/mol. The van der Waals surface area contributed by atoms with Gasteiger partial charge in [0.1, 0.15) is 12.1 Å². The third kappa shape index (κ3) is 2.68. The Labute approximate surface area is 126 Å². The minimum Gasteiger partial charge on any atom is -0.381 e. The molecule has 3 rings (SSSR count). The van der Waals surface area contributed by atoms with Gasteiger partial charge in [0.15, 0.2) is 0 Å². The Hall–Kier alpha value is -1.10. The molecule has 0 aromatic heterocycles. The van der Waals surface area contributed by atoms with Crippen LogP contribution < -0.4 is 0 Å². The fourth-order valence-electron chi connectivity index (χ4n) is 3.95. The van der Waals surface area contributed by atoms with Crippen LogP contribution in [0.1, 0.15) is 39.5 Å². The standard InChI is InChI=1S/C16H26N2O3/c1-11(2)14-16(20)17-7-3-4-13(17)15(19)18(14)8-5-12-6-9-21-10-12/h11-14H,3-10H2,1-2H3. The summed E-state index contributed by atoms with van der Waals surface area (Å²) in [7, 11) is 0. The number of piperazine rings is 1.